The molecule has 4 heterocycles. The smallest absolute Gasteiger partial charge is 0.285 e. The number of hydrogen-bond acceptors (Lipinski definition) is 6. The van der Waals surface area contributed by atoms with E-state index in [1.165, 1.54) is 30.3 Å². The minimum atomic E-state index is -3.12. The summed E-state index contributed by atoms with van der Waals surface area (Å²) in [5.74, 6) is -3.59. The minimum absolute atomic E-state index is 0.0724. The number of aromatic nitrogens is 1. The molecule has 2 fully saturated rings. The van der Waals surface area contributed by atoms with Gasteiger partial charge >= 0.3 is 0 Å². The van der Waals surface area contributed by atoms with E-state index in [0.717, 1.165) is 4.90 Å². The number of piperidine rings is 2. The Morgan fingerprint density at radius 2 is 1.94 bits per heavy atom. The van der Waals surface area contributed by atoms with Gasteiger partial charge in [0.25, 0.3) is 11.8 Å². The maximum atomic E-state index is 14.6. The van der Waals surface area contributed by atoms with Gasteiger partial charge in [-0.05, 0) is 42.5 Å². The normalized spacial score (nSPS) is 27.4. The highest BCUT2D eigenvalue weighted by molar-refractivity contribution is 5.95. The Balaban J connectivity index is 1.24. The second-order valence-electron chi connectivity index (χ2n) is 10.1. The first-order chi connectivity index (χ1) is 17.2. The number of carbonyl (C=O) groups excluding carboxylic acids is 2. The zero-order chi connectivity index (χ0) is 25.5. The summed E-state index contributed by atoms with van der Waals surface area (Å²) < 4.78 is 29.3. The van der Waals surface area contributed by atoms with Crippen molar-refractivity contribution in [3.05, 3.63) is 59.3 Å². The number of benzene rings is 1. The van der Waals surface area contributed by atoms with Crippen molar-refractivity contribution in [3.8, 4) is 0 Å². The van der Waals surface area contributed by atoms with Gasteiger partial charge in [0.15, 0.2) is 0 Å². The number of fused-ring (bicyclic) bond motifs is 1. The molecule has 0 unspecified atom stereocenters. The number of carbonyl (C=O) groups is 2. The molecule has 8 nitrogen and oxygen atoms in total. The number of β-amino-alcohol motifs (C(OH)–C–C–N with tert-alkyl or cyclic N) is 1. The Kier molecular flexibility index (Phi) is 6.42. The minimum Gasteiger partial charge on any atom is -0.389 e. The summed E-state index contributed by atoms with van der Waals surface area (Å²) in [6, 6.07) is 10.0. The van der Waals surface area contributed by atoms with E-state index >= 15 is 0 Å². The van der Waals surface area contributed by atoms with E-state index in [1.54, 1.807) is 11.0 Å². The van der Waals surface area contributed by atoms with Crippen LogP contribution in [0.15, 0.2) is 42.6 Å². The molecule has 0 radical (unpaired) electrons. The molecule has 2 amide bonds. The average Bonchev–Trinajstić information content (AvgIpc) is 2.86. The standard InChI is InChI=1S/C26H31F2N5O3/c1-17(34)33-10-7-21(26(27,28)16-33)31-23-12-18(6-9-29-23)24(36)32-11-8-25(22(35)15-32)13-19-4-2-3-5-20(19)14-30-25/h2-6,9,12,21-22,30,35H,7-8,10-11,13-16H2,1H3,(H,29,31)/t21-,22+,25-/m0/s1. The van der Waals surface area contributed by atoms with Crippen molar-refractivity contribution in [2.24, 2.45) is 0 Å². The molecule has 3 N–H and O–H groups in total. The van der Waals surface area contributed by atoms with E-state index in [4.69, 9.17) is 0 Å². The summed E-state index contributed by atoms with van der Waals surface area (Å²) in [5, 5.41) is 17.3. The molecule has 0 bridgehead atoms. The topological polar surface area (TPSA) is 97.8 Å². The largest absolute Gasteiger partial charge is 0.389 e. The first kappa shape index (κ1) is 24.6. The summed E-state index contributed by atoms with van der Waals surface area (Å²) in [4.78, 5) is 31.6. The molecule has 10 heteroatoms. The number of aliphatic hydroxyl groups excluding tert-OH is 1. The van der Waals surface area contributed by atoms with Crippen molar-refractivity contribution in [3.63, 3.8) is 0 Å². The molecule has 36 heavy (non-hydrogen) atoms. The van der Waals surface area contributed by atoms with Crippen LogP contribution < -0.4 is 10.6 Å². The van der Waals surface area contributed by atoms with Crippen LogP contribution in [-0.2, 0) is 17.8 Å². The molecule has 0 aliphatic carbocycles. The Morgan fingerprint density at radius 3 is 2.67 bits per heavy atom. The number of nitrogens with one attached hydrogen (secondary N) is 2. The summed E-state index contributed by atoms with van der Waals surface area (Å²) in [5.41, 5.74) is 2.28. The second-order valence-corrected chi connectivity index (χ2v) is 10.1. The third-order valence-electron chi connectivity index (χ3n) is 7.77. The van der Waals surface area contributed by atoms with Crippen LogP contribution in [0.2, 0.25) is 0 Å². The van der Waals surface area contributed by atoms with Gasteiger partial charge in [-0.2, -0.15) is 0 Å². The Bertz CT molecular complexity index is 1160. The van der Waals surface area contributed by atoms with Gasteiger partial charge in [-0.1, -0.05) is 24.3 Å². The molecule has 0 saturated carbocycles. The number of rotatable bonds is 3. The van der Waals surface area contributed by atoms with E-state index in [1.807, 2.05) is 12.1 Å². The molecule has 2 saturated heterocycles. The quantitative estimate of drug-likeness (QED) is 0.598. The van der Waals surface area contributed by atoms with Gasteiger partial charge in [-0.3, -0.25) is 9.59 Å². The van der Waals surface area contributed by atoms with Gasteiger partial charge in [0, 0.05) is 44.9 Å². The van der Waals surface area contributed by atoms with Crippen molar-refractivity contribution >= 4 is 17.6 Å². The monoisotopic (exact) mass is 499 g/mol. The third kappa shape index (κ3) is 4.67. The van der Waals surface area contributed by atoms with E-state index in [9.17, 15) is 23.5 Å². The highest BCUT2D eigenvalue weighted by Gasteiger charge is 2.46. The molecular weight excluding hydrogens is 468 g/mol. The molecule has 1 aromatic heterocycles. The SMILES string of the molecule is CC(=O)N1CC[C@H](Nc2cc(C(=O)N3CC[C@]4(Cc5ccccc5CN4)[C@H](O)C3)ccn2)C(F)(F)C1. The number of aliphatic hydroxyl groups is 1. The second kappa shape index (κ2) is 9.40. The lowest BCUT2D eigenvalue weighted by Crippen LogP contribution is -2.65. The van der Waals surface area contributed by atoms with Crippen LogP contribution in [0.4, 0.5) is 14.6 Å². The van der Waals surface area contributed by atoms with Crippen molar-refractivity contribution in [1.29, 1.82) is 0 Å². The van der Waals surface area contributed by atoms with Crippen molar-refractivity contribution in [2.45, 2.75) is 56.3 Å². The Labute approximate surface area is 208 Å². The molecular formula is C26H31F2N5O3. The summed E-state index contributed by atoms with van der Waals surface area (Å²) in [6.45, 7) is 2.19. The van der Waals surface area contributed by atoms with Crippen molar-refractivity contribution in [1.82, 2.24) is 20.1 Å². The zero-order valence-electron chi connectivity index (χ0n) is 20.2. The van der Waals surface area contributed by atoms with E-state index in [0.29, 0.717) is 31.5 Å². The molecule has 5 rings (SSSR count). The predicted octanol–water partition coefficient (Wildman–Crippen LogP) is 2.04. The molecule has 2 aromatic rings. The van der Waals surface area contributed by atoms with E-state index < -0.39 is 30.2 Å². The molecule has 192 valence electrons. The Morgan fingerprint density at radius 1 is 1.17 bits per heavy atom. The van der Waals surface area contributed by atoms with Crippen molar-refractivity contribution < 1.29 is 23.5 Å². The highest BCUT2D eigenvalue weighted by Crippen LogP contribution is 2.33. The van der Waals surface area contributed by atoms with E-state index in [2.05, 4.69) is 27.8 Å². The number of hydrogen-bond donors (Lipinski definition) is 3. The van der Waals surface area contributed by atoms with Gasteiger partial charge in [0.1, 0.15) is 5.82 Å². The molecule has 3 aliphatic rings. The number of pyridine rings is 1. The lowest BCUT2D eigenvalue weighted by Gasteiger charge is -2.48. The predicted molar refractivity (Wildman–Crippen MR) is 130 cm³/mol. The van der Waals surface area contributed by atoms with Crippen LogP contribution in [0.25, 0.3) is 0 Å². The first-order valence-corrected chi connectivity index (χ1v) is 12.3. The maximum absolute atomic E-state index is 14.6. The summed E-state index contributed by atoms with van der Waals surface area (Å²) >= 11 is 0. The summed E-state index contributed by atoms with van der Waals surface area (Å²) in [6.07, 6.45) is 2.05. The van der Waals surface area contributed by atoms with Gasteiger partial charge in [0.2, 0.25) is 5.91 Å². The van der Waals surface area contributed by atoms with Crippen LogP contribution in [0.5, 0.6) is 0 Å². The molecule has 1 aromatic carbocycles. The van der Waals surface area contributed by atoms with Crippen LogP contribution in [0, 0.1) is 0 Å². The van der Waals surface area contributed by atoms with Gasteiger partial charge in [-0.15, -0.1) is 0 Å². The molecule has 1 spiro atoms. The summed E-state index contributed by atoms with van der Waals surface area (Å²) in [7, 11) is 0. The molecule has 3 aliphatic heterocycles. The van der Waals surface area contributed by atoms with Crippen LogP contribution in [0.3, 0.4) is 0 Å². The number of amides is 2. The first-order valence-electron chi connectivity index (χ1n) is 12.3. The van der Waals surface area contributed by atoms with Crippen LogP contribution in [-0.4, -0.2) is 81.5 Å². The number of anilines is 1. The van der Waals surface area contributed by atoms with Gasteiger partial charge < -0.3 is 25.5 Å². The fraction of sp³-hybridized carbons (Fsp3) is 0.500. The van der Waals surface area contributed by atoms with Gasteiger partial charge in [0.05, 0.1) is 24.2 Å². The fourth-order valence-electron chi connectivity index (χ4n) is 5.54. The number of alkyl halides is 2. The number of nitrogens with zero attached hydrogens (tertiary/aromatic N) is 3. The average molecular weight is 500 g/mol. The Hall–Kier alpha value is -3.11. The fourth-order valence-corrected chi connectivity index (χ4v) is 5.54. The highest BCUT2D eigenvalue weighted by atomic mass is 19.3. The maximum Gasteiger partial charge on any atom is 0.285 e. The lowest BCUT2D eigenvalue weighted by atomic mass is 9.76. The van der Waals surface area contributed by atoms with Crippen molar-refractivity contribution in [2.75, 3.05) is 31.5 Å². The lowest BCUT2D eigenvalue weighted by molar-refractivity contribution is -0.140. The number of halogens is 2. The zero-order valence-corrected chi connectivity index (χ0v) is 20.2. The third-order valence-corrected chi connectivity index (χ3v) is 7.77. The molecule has 3 atom stereocenters. The number of likely N-dealkylation sites (tertiary alicyclic amines) is 2. The van der Waals surface area contributed by atoms with Crippen LogP contribution in [0.1, 0.15) is 41.3 Å². The van der Waals surface area contributed by atoms with Crippen LogP contribution >= 0.6 is 0 Å². The van der Waals surface area contributed by atoms with E-state index in [-0.39, 0.29) is 37.1 Å². The van der Waals surface area contributed by atoms with Gasteiger partial charge in [-0.25, -0.2) is 13.8 Å².